The van der Waals surface area contributed by atoms with Gasteiger partial charge in [0.05, 0.1) is 11.1 Å². The number of aromatic hydroxyl groups is 1. The average Bonchev–Trinajstić information content (AvgIpc) is 2.78. The van der Waals surface area contributed by atoms with Crippen LogP contribution in [0, 0.1) is 11.6 Å². The van der Waals surface area contributed by atoms with Crippen molar-refractivity contribution in [2.45, 2.75) is 13.0 Å². The van der Waals surface area contributed by atoms with Crippen LogP contribution in [0.25, 0.3) is 10.9 Å². The quantitative estimate of drug-likeness (QED) is 0.460. The van der Waals surface area contributed by atoms with Crippen molar-refractivity contribution in [3.05, 3.63) is 105 Å². The van der Waals surface area contributed by atoms with E-state index in [0.717, 1.165) is 17.7 Å². The van der Waals surface area contributed by atoms with E-state index in [-0.39, 0.29) is 41.1 Å². The molecule has 2 aromatic heterocycles. The molecule has 0 bridgehead atoms. The van der Waals surface area contributed by atoms with Gasteiger partial charge in [-0.15, -0.1) is 0 Å². The molecule has 0 aliphatic rings. The number of pyridine rings is 2. The highest BCUT2D eigenvalue weighted by molar-refractivity contribution is 5.99. The van der Waals surface area contributed by atoms with E-state index in [2.05, 4.69) is 15.3 Å². The van der Waals surface area contributed by atoms with Crippen LogP contribution in [0.1, 0.15) is 27.0 Å². The Kier molecular flexibility index (Phi) is 5.44. The number of H-pyrrole nitrogens is 1. The van der Waals surface area contributed by atoms with Gasteiger partial charge in [0.25, 0.3) is 11.5 Å². The Morgan fingerprint density at radius 1 is 1.06 bits per heavy atom. The maximum absolute atomic E-state index is 13.5. The molecule has 0 aliphatic carbocycles. The largest absolute Gasteiger partial charge is 0.507 e. The summed E-state index contributed by atoms with van der Waals surface area (Å²) < 4.78 is 26.7. The Morgan fingerprint density at radius 3 is 2.65 bits per heavy atom. The van der Waals surface area contributed by atoms with Crippen molar-refractivity contribution in [3.63, 3.8) is 0 Å². The highest BCUT2D eigenvalue weighted by Crippen LogP contribution is 2.27. The van der Waals surface area contributed by atoms with Crippen LogP contribution in [-0.4, -0.2) is 21.0 Å². The van der Waals surface area contributed by atoms with E-state index in [4.69, 9.17) is 0 Å². The fourth-order valence-corrected chi connectivity index (χ4v) is 3.26. The van der Waals surface area contributed by atoms with Gasteiger partial charge in [-0.1, -0.05) is 12.1 Å². The van der Waals surface area contributed by atoms with Crippen LogP contribution < -0.4 is 10.9 Å². The molecule has 31 heavy (non-hydrogen) atoms. The Morgan fingerprint density at radius 2 is 1.90 bits per heavy atom. The monoisotopic (exact) mass is 421 g/mol. The molecule has 0 fully saturated rings. The number of carbonyl (C=O) groups is 1. The van der Waals surface area contributed by atoms with Crippen LogP contribution in [0.2, 0.25) is 0 Å². The van der Waals surface area contributed by atoms with Crippen molar-refractivity contribution in [3.8, 4) is 5.75 Å². The van der Waals surface area contributed by atoms with Gasteiger partial charge in [-0.05, 0) is 47.5 Å². The number of nitrogens with one attached hydrogen (secondary N) is 2. The molecule has 0 saturated heterocycles. The standard InChI is InChI=1S/C23H17F2N3O3/c24-18-5-3-13(9-19(18)25)8-17-21(29)16-10-15(4-6-20(16)28-23(17)31)22(30)27-12-14-2-1-7-26-11-14/h1-7,9-11H,8,12H2,(H,27,30)(H2,28,29,31). The smallest absolute Gasteiger partial charge is 0.255 e. The molecule has 0 saturated carbocycles. The summed E-state index contributed by atoms with van der Waals surface area (Å²) in [6, 6.07) is 11.4. The summed E-state index contributed by atoms with van der Waals surface area (Å²) in [5.41, 5.74) is 1.23. The molecule has 1 amide bonds. The molecule has 2 aromatic carbocycles. The number of aromatic nitrogens is 2. The maximum atomic E-state index is 13.5. The molecule has 4 aromatic rings. The number of hydrogen-bond donors (Lipinski definition) is 3. The first-order chi connectivity index (χ1) is 14.9. The van der Waals surface area contributed by atoms with Crippen LogP contribution >= 0.6 is 0 Å². The van der Waals surface area contributed by atoms with Crippen LogP contribution in [0.4, 0.5) is 8.78 Å². The Balaban J connectivity index is 1.64. The van der Waals surface area contributed by atoms with Crippen LogP contribution in [0.5, 0.6) is 5.75 Å². The lowest BCUT2D eigenvalue weighted by Crippen LogP contribution is -2.23. The second kappa shape index (κ2) is 8.35. The molecule has 4 rings (SSSR count). The van der Waals surface area contributed by atoms with E-state index < -0.39 is 17.2 Å². The summed E-state index contributed by atoms with van der Waals surface area (Å²) in [5, 5.41) is 13.7. The van der Waals surface area contributed by atoms with Gasteiger partial charge in [-0.2, -0.15) is 0 Å². The highest BCUT2D eigenvalue weighted by Gasteiger charge is 2.16. The van der Waals surface area contributed by atoms with Crippen molar-refractivity contribution < 1.29 is 18.7 Å². The fourth-order valence-electron chi connectivity index (χ4n) is 3.26. The normalized spacial score (nSPS) is 10.9. The topological polar surface area (TPSA) is 95.1 Å². The minimum Gasteiger partial charge on any atom is -0.507 e. The Hall–Kier alpha value is -4.07. The van der Waals surface area contributed by atoms with E-state index in [0.29, 0.717) is 11.1 Å². The molecular weight excluding hydrogens is 404 g/mol. The predicted molar refractivity (Wildman–Crippen MR) is 111 cm³/mol. The molecule has 0 unspecified atom stereocenters. The maximum Gasteiger partial charge on any atom is 0.255 e. The van der Waals surface area contributed by atoms with Crippen LogP contribution in [0.15, 0.2) is 65.7 Å². The summed E-state index contributed by atoms with van der Waals surface area (Å²) in [5.74, 6) is -2.71. The van der Waals surface area contributed by atoms with Crippen molar-refractivity contribution in [2.24, 2.45) is 0 Å². The lowest BCUT2D eigenvalue weighted by Gasteiger charge is -2.10. The second-order valence-corrected chi connectivity index (χ2v) is 7.01. The number of halogens is 2. The number of aromatic amines is 1. The van der Waals surface area contributed by atoms with Gasteiger partial charge >= 0.3 is 0 Å². The zero-order valence-corrected chi connectivity index (χ0v) is 16.2. The summed E-state index contributed by atoms with van der Waals surface area (Å²) in [4.78, 5) is 31.6. The average molecular weight is 421 g/mol. The van der Waals surface area contributed by atoms with Gasteiger partial charge in [0.1, 0.15) is 5.75 Å². The van der Waals surface area contributed by atoms with Gasteiger partial charge < -0.3 is 15.4 Å². The van der Waals surface area contributed by atoms with Crippen molar-refractivity contribution in [1.82, 2.24) is 15.3 Å². The number of benzene rings is 2. The number of nitrogens with zero attached hydrogens (tertiary/aromatic N) is 1. The zero-order valence-electron chi connectivity index (χ0n) is 16.2. The van der Waals surface area contributed by atoms with E-state index in [9.17, 15) is 23.5 Å². The molecule has 3 N–H and O–H groups in total. The molecule has 0 atom stereocenters. The van der Waals surface area contributed by atoms with E-state index in [1.165, 1.54) is 24.3 Å². The third-order valence-electron chi connectivity index (χ3n) is 4.89. The zero-order chi connectivity index (χ0) is 22.0. The van der Waals surface area contributed by atoms with Gasteiger partial charge in [-0.25, -0.2) is 8.78 Å². The van der Waals surface area contributed by atoms with E-state index in [1.54, 1.807) is 18.5 Å². The van der Waals surface area contributed by atoms with Crippen molar-refractivity contribution in [2.75, 3.05) is 0 Å². The molecule has 0 aliphatic heterocycles. The molecule has 0 radical (unpaired) electrons. The summed E-state index contributed by atoms with van der Waals surface area (Å²) in [7, 11) is 0. The lowest BCUT2D eigenvalue weighted by atomic mass is 10.0. The number of fused-ring (bicyclic) bond motifs is 1. The van der Waals surface area contributed by atoms with E-state index >= 15 is 0 Å². The number of hydrogen-bond acceptors (Lipinski definition) is 4. The van der Waals surface area contributed by atoms with Gasteiger partial charge in [0.15, 0.2) is 11.6 Å². The van der Waals surface area contributed by atoms with E-state index in [1.807, 2.05) is 6.07 Å². The van der Waals surface area contributed by atoms with Gasteiger partial charge in [0.2, 0.25) is 0 Å². The fraction of sp³-hybridized carbons (Fsp3) is 0.0870. The first-order valence-electron chi connectivity index (χ1n) is 9.41. The SMILES string of the molecule is O=C(NCc1cccnc1)c1ccc2[nH]c(=O)c(Cc3ccc(F)c(F)c3)c(O)c2c1. The van der Waals surface area contributed by atoms with Crippen molar-refractivity contribution >= 4 is 16.8 Å². The number of amides is 1. The third kappa shape index (κ3) is 4.28. The van der Waals surface area contributed by atoms with Gasteiger partial charge in [-0.3, -0.25) is 14.6 Å². The summed E-state index contributed by atoms with van der Waals surface area (Å²) in [6.45, 7) is 0.281. The third-order valence-corrected chi connectivity index (χ3v) is 4.89. The Labute approximate surface area is 175 Å². The second-order valence-electron chi connectivity index (χ2n) is 7.01. The Bertz CT molecular complexity index is 1340. The molecule has 6 nitrogen and oxygen atoms in total. The minimum atomic E-state index is -1.04. The van der Waals surface area contributed by atoms with Gasteiger partial charge in [0, 0.05) is 36.3 Å². The van der Waals surface area contributed by atoms with Crippen LogP contribution in [0.3, 0.4) is 0 Å². The minimum absolute atomic E-state index is 0.00794. The molecule has 0 spiro atoms. The first-order valence-corrected chi connectivity index (χ1v) is 9.41. The predicted octanol–water partition coefficient (Wildman–Crippen LogP) is 3.43. The summed E-state index contributed by atoms with van der Waals surface area (Å²) in [6.07, 6.45) is 3.17. The number of carbonyl (C=O) groups excluding carboxylic acids is 1. The number of rotatable bonds is 5. The molecular formula is C23H17F2N3O3. The molecule has 2 heterocycles. The van der Waals surface area contributed by atoms with Crippen molar-refractivity contribution in [1.29, 1.82) is 0 Å². The molecule has 156 valence electrons. The highest BCUT2D eigenvalue weighted by atomic mass is 19.2. The molecule has 8 heteroatoms. The summed E-state index contributed by atoms with van der Waals surface area (Å²) >= 11 is 0. The van der Waals surface area contributed by atoms with Crippen LogP contribution in [-0.2, 0) is 13.0 Å². The lowest BCUT2D eigenvalue weighted by molar-refractivity contribution is 0.0951. The first kappa shape index (κ1) is 20.2.